The number of ketones is 1. The number of aromatic nitrogens is 2. The normalized spacial score (nSPS) is 13.0. The van der Waals surface area contributed by atoms with E-state index in [1.807, 2.05) is 0 Å². The highest BCUT2D eigenvalue weighted by molar-refractivity contribution is 5.81. The van der Waals surface area contributed by atoms with Crippen LogP contribution in [0.3, 0.4) is 0 Å². The number of rotatable bonds is 2. The lowest BCUT2D eigenvalue weighted by molar-refractivity contribution is -0.118. The van der Waals surface area contributed by atoms with Gasteiger partial charge >= 0.3 is 0 Å². The van der Waals surface area contributed by atoms with Crippen molar-refractivity contribution >= 4 is 5.78 Å². The smallest absolute Gasteiger partial charge is 0.236 e. The Kier molecular flexibility index (Phi) is 2.03. The van der Waals surface area contributed by atoms with Crippen LogP contribution in [-0.2, 0) is 4.79 Å². The van der Waals surface area contributed by atoms with E-state index in [9.17, 15) is 4.79 Å². The molecule has 0 aromatic carbocycles. The molecule has 0 aliphatic heterocycles. The van der Waals surface area contributed by atoms with Gasteiger partial charge in [0.2, 0.25) is 5.89 Å². The number of carbonyl (C=O) groups excluding carboxylic acids is 1. The Morgan fingerprint density at radius 2 is 2.27 bits per heavy atom. The molecular weight excluding hydrogens is 144 g/mol. The average Bonchev–Trinajstić information content (AvgIpc) is 2.34. The van der Waals surface area contributed by atoms with Crippen molar-refractivity contribution < 1.29 is 9.32 Å². The highest BCUT2D eigenvalue weighted by Gasteiger charge is 2.16. The quantitative estimate of drug-likeness (QED) is 0.639. The third-order valence-electron chi connectivity index (χ3n) is 1.52. The number of hydrogen-bond acceptors (Lipinski definition) is 4. The van der Waals surface area contributed by atoms with Gasteiger partial charge in [-0.3, -0.25) is 4.79 Å². The van der Waals surface area contributed by atoms with Gasteiger partial charge < -0.3 is 4.52 Å². The van der Waals surface area contributed by atoms with Crippen molar-refractivity contribution in [2.24, 2.45) is 0 Å². The van der Waals surface area contributed by atoms with Gasteiger partial charge in [0.25, 0.3) is 0 Å². The number of aryl methyl sites for hydroxylation is 1. The molecule has 0 aliphatic carbocycles. The predicted molar refractivity (Wildman–Crippen MR) is 38.1 cm³/mol. The van der Waals surface area contributed by atoms with E-state index in [4.69, 9.17) is 4.52 Å². The summed E-state index contributed by atoms with van der Waals surface area (Å²) in [6.45, 7) is 4.97. The minimum absolute atomic E-state index is 0.0358. The maximum absolute atomic E-state index is 10.8. The molecule has 0 bridgehead atoms. The van der Waals surface area contributed by atoms with Gasteiger partial charge in [-0.1, -0.05) is 5.16 Å². The molecule has 0 N–H and O–H groups in total. The lowest BCUT2D eigenvalue weighted by atomic mass is 10.1. The van der Waals surface area contributed by atoms with Gasteiger partial charge in [0, 0.05) is 0 Å². The van der Waals surface area contributed by atoms with Crippen molar-refractivity contribution in [3.63, 3.8) is 0 Å². The van der Waals surface area contributed by atoms with Gasteiger partial charge in [-0.2, -0.15) is 4.98 Å². The lowest BCUT2D eigenvalue weighted by Gasteiger charge is -1.97. The fourth-order valence-electron chi connectivity index (χ4n) is 0.663. The van der Waals surface area contributed by atoms with Crippen LogP contribution in [0, 0.1) is 6.92 Å². The summed E-state index contributed by atoms with van der Waals surface area (Å²) in [5.74, 6) is 0.716. The van der Waals surface area contributed by atoms with Crippen LogP contribution < -0.4 is 0 Å². The molecule has 1 unspecified atom stereocenters. The first-order valence-electron chi connectivity index (χ1n) is 3.42. The number of nitrogens with zero attached hydrogens (tertiary/aromatic N) is 2. The molecule has 0 saturated heterocycles. The van der Waals surface area contributed by atoms with E-state index in [0.29, 0.717) is 11.7 Å². The Hall–Kier alpha value is -1.19. The average molecular weight is 154 g/mol. The van der Waals surface area contributed by atoms with Crippen LogP contribution in [-0.4, -0.2) is 15.9 Å². The fourth-order valence-corrected chi connectivity index (χ4v) is 0.663. The highest BCUT2D eigenvalue weighted by atomic mass is 16.5. The maximum atomic E-state index is 10.8. The highest BCUT2D eigenvalue weighted by Crippen LogP contribution is 2.12. The Balaban J connectivity index is 2.84. The molecule has 0 spiro atoms. The van der Waals surface area contributed by atoms with Crippen molar-refractivity contribution in [3.05, 3.63) is 11.7 Å². The molecule has 1 atom stereocenters. The zero-order valence-electron chi connectivity index (χ0n) is 6.79. The van der Waals surface area contributed by atoms with Crippen LogP contribution in [0.15, 0.2) is 4.52 Å². The largest absolute Gasteiger partial charge is 0.339 e. The second-order valence-electron chi connectivity index (χ2n) is 2.51. The standard InChI is InChI=1S/C7H10N2O2/c1-4(5(2)10)7-8-6(3)9-11-7/h4H,1-3H3. The summed E-state index contributed by atoms with van der Waals surface area (Å²) < 4.78 is 4.81. The van der Waals surface area contributed by atoms with Crippen LogP contribution in [0.25, 0.3) is 0 Å². The number of Topliss-reactive ketones (excluding diaryl/α,β-unsaturated/α-hetero) is 1. The SMILES string of the molecule is CC(=O)C(C)c1nc(C)no1. The first-order valence-corrected chi connectivity index (χ1v) is 3.42. The van der Waals surface area contributed by atoms with Gasteiger partial charge in [0.15, 0.2) is 5.82 Å². The third kappa shape index (κ3) is 1.63. The van der Waals surface area contributed by atoms with Crippen LogP contribution in [0.5, 0.6) is 0 Å². The van der Waals surface area contributed by atoms with Gasteiger partial charge in [0.05, 0.1) is 5.92 Å². The Labute approximate surface area is 64.6 Å². The zero-order chi connectivity index (χ0) is 8.43. The van der Waals surface area contributed by atoms with Gasteiger partial charge in [-0.15, -0.1) is 0 Å². The summed E-state index contributed by atoms with van der Waals surface area (Å²) in [6, 6.07) is 0. The van der Waals surface area contributed by atoms with E-state index in [1.165, 1.54) is 6.92 Å². The molecule has 4 nitrogen and oxygen atoms in total. The van der Waals surface area contributed by atoms with Gasteiger partial charge in [0.1, 0.15) is 5.78 Å². The first-order chi connectivity index (χ1) is 5.11. The maximum Gasteiger partial charge on any atom is 0.236 e. The van der Waals surface area contributed by atoms with Crippen LogP contribution in [0.2, 0.25) is 0 Å². The second-order valence-corrected chi connectivity index (χ2v) is 2.51. The molecule has 1 heterocycles. The van der Waals surface area contributed by atoms with E-state index in [0.717, 1.165) is 0 Å². The minimum atomic E-state index is -0.281. The van der Waals surface area contributed by atoms with E-state index in [2.05, 4.69) is 10.1 Å². The molecule has 60 valence electrons. The van der Waals surface area contributed by atoms with Crippen LogP contribution in [0.4, 0.5) is 0 Å². The van der Waals surface area contributed by atoms with Crippen LogP contribution >= 0.6 is 0 Å². The van der Waals surface area contributed by atoms with E-state index in [1.54, 1.807) is 13.8 Å². The topological polar surface area (TPSA) is 56.0 Å². The summed E-state index contributed by atoms with van der Waals surface area (Å²) in [5.41, 5.74) is 0. The van der Waals surface area contributed by atoms with E-state index < -0.39 is 0 Å². The van der Waals surface area contributed by atoms with Gasteiger partial charge in [-0.05, 0) is 20.8 Å². The fraction of sp³-hybridized carbons (Fsp3) is 0.571. The first kappa shape index (κ1) is 7.91. The molecule has 0 radical (unpaired) electrons. The third-order valence-corrected chi connectivity index (χ3v) is 1.52. The molecular formula is C7H10N2O2. The molecule has 4 heteroatoms. The van der Waals surface area contributed by atoms with Crippen molar-refractivity contribution in [1.29, 1.82) is 0 Å². The van der Waals surface area contributed by atoms with Crippen molar-refractivity contribution in [3.8, 4) is 0 Å². The molecule has 1 aromatic rings. The summed E-state index contributed by atoms with van der Waals surface area (Å²) in [4.78, 5) is 14.8. The predicted octanol–water partition coefficient (Wildman–Crippen LogP) is 1.07. The van der Waals surface area contributed by atoms with Crippen LogP contribution in [0.1, 0.15) is 31.5 Å². The molecule has 0 saturated carbocycles. The molecule has 0 amide bonds. The van der Waals surface area contributed by atoms with Crippen molar-refractivity contribution in [2.45, 2.75) is 26.7 Å². The van der Waals surface area contributed by atoms with Crippen molar-refractivity contribution in [1.82, 2.24) is 10.1 Å². The van der Waals surface area contributed by atoms with E-state index in [-0.39, 0.29) is 11.7 Å². The summed E-state index contributed by atoms with van der Waals surface area (Å²) in [7, 11) is 0. The summed E-state index contributed by atoms with van der Waals surface area (Å²) in [5, 5.41) is 3.58. The Bertz CT molecular complexity index is 267. The van der Waals surface area contributed by atoms with Gasteiger partial charge in [-0.25, -0.2) is 0 Å². The minimum Gasteiger partial charge on any atom is -0.339 e. The summed E-state index contributed by atoms with van der Waals surface area (Å²) in [6.07, 6.45) is 0. The van der Waals surface area contributed by atoms with Crippen molar-refractivity contribution in [2.75, 3.05) is 0 Å². The molecule has 1 aromatic heterocycles. The molecule has 1 rings (SSSR count). The zero-order valence-corrected chi connectivity index (χ0v) is 6.79. The number of hydrogen-bond donors (Lipinski definition) is 0. The summed E-state index contributed by atoms with van der Waals surface area (Å²) >= 11 is 0. The molecule has 0 aliphatic rings. The Morgan fingerprint density at radius 1 is 1.64 bits per heavy atom. The van der Waals surface area contributed by atoms with E-state index >= 15 is 0 Å². The molecule has 11 heavy (non-hydrogen) atoms. The molecule has 0 fully saturated rings. The Morgan fingerprint density at radius 3 is 2.64 bits per heavy atom. The lowest BCUT2D eigenvalue weighted by Crippen LogP contribution is -2.04. The monoisotopic (exact) mass is 154 g/mol. The number of carbonyl (C=O) groups is 1. The second kappa shape index (κ2) is 2.82.